The van der Waals surface area contributed by atoms with E-state index in [1.165, 1.54) is 0 Å². The highest BCUT2D eigenvalue weighted by Gasteiger charge is 2.66. The lowest BCUT2D eigenvalue weighted by molar-refractivity contribution is 0.220. The molecule has 0 radical (unpaired) electrons. The van der Waals surface area contributed by atoms with Crippen molar-refractivity contribution in [1.29, 1.82) is 0 Å². The number of pyridine rings is 2. The molecule has 13 heteroatoms. The van der Waals surface area contributed by atoms with Gasteiger partial charge in [0.1, 0.15) is 0 Å². The average molecular weight is 543 g/mol. The van der Waals surface area contributed by atoms with Crippen LogP contribution in [0.15, 0.2) is 107 Å². The molecule has 0 aliphatic carbocycles. The van der Waals surface area contributed by atoms with Crippen LogP contribution in [0.25, 0.3) is 22.1 Å². The van der Waals surface area contributed by atoms with Gasteiger partial charge in [-0.1, -0.05) is 36.4 Å². The Morgan fingerprint density at radius 3 is 2.02 bits per heavy atom. The molecule has 0 fully saturated rings. The molecule has 0 spiro atoms. The van der Waals surface area contributed by atoms with E-state index >= 15 is 0 Å². The van der Waals surface area contributed by atoms with Crippen LogP contribution >= 0.6 is 0 Å². The third-order valence-corrected chi connectivity index (χ3v) is 7.14. The van der Waals surface area contributed by atoms with Gasteiger partial charge in [-0.3, -0.25) is 20.5 Å². The molecule has 6 N–H and O–H groups in total. The summed E-state index contributed by atoms with van der Waals surface area (Å²) < 4.78 is 0. The monoisotopic (exact) mass is 542 g/mol. The van der Waals surface area contributed by atoms with Gasteiger partial charge in [-0.15, -0.1) is 0 Å². The number of H-pyrrole nitrogens is 2. The molecule has 13 nitrogen and oxygen atoms in total. The van der Waals surface area contributed by atoms with Gasteiger partial charge in [0.15, 0.2) is 0 Å². The van der Waals surface area contributed by atoms with Gasteiger partial charge in [0.25, 0.3) is 0 Å². The number of hydrogen-bond acceptors (Lipinski definition) is 11. The van der Waals surface area contributed by atoms with E-state index in [2.05, 4.69) is 45.9 Å². The van der Waals surface area contributed by atoms with Crippen molar-refractivity contribution in [1.82, 2.24) is 40.5 Å². The lowest BCUT2D eigenvalue weighted by atomic mass is 9.88. The van der Waals surface area contributed by atoms with Gasteiger partial charge in [-0.2, -0.15) is 5.06 Å². The van der Waals surface area contributed by atoms with E-state index < -0.39 is 11.3 Å². The maximum Gasteiger partial charge on any atom is 0.246 e. The van der Waals surface area contributed by atoms with Crippen LogP contribution in [0.3, 0.4) is 0 Å². The van der Waals surface area contributed by atoms with Gasteiger partial charge >= 0.3 is 0 Å². The number of benzene rings is 2. The fraction of sp³-hybridized carbons (Fsp3) is 0.0714. The second-order valence-electron chi connectivity index (χ2n) is 9.61. The van der Waals surface area contributed by atoms with Crippen LogP contribution < -0.4 is 21.0 Å². The van der Waals surface area contributed by atoms with Crippen LogP contribution in [0.5, 0.6) is 0 Å². The molecule has 0 amide bonds. The number of anilines is 2. The number of imidazole rings is 2. The number of aromatic amines is 2. The normalized spacial score (nSPS) is 21.2. The van der Waals surface area contributed by atoms with E-state index in [9.17, 15) is 5.21 Å². The molecule has 2 aromatic carbocycles. The van der Waals surface area contributed by atoms with E-state index in [0.717, 1.165) is 21.6 Å². The van der Waals surface area contributed by atoms with Gasteiger partial charge < -0.3 is 20.6 Å². The molecular formula is C28H22N12O. The first-order valence-corrected chi connectivity index (χ1v) is 12.9. The fourth-order valence-electron chi connectivity index (χ4n) is 5.31. The molecule has 2 atom stereocenters. The van der Waals surface area contributed by atoms with Crippen LogP contribution in [0.2, 0.25) is 0 Å². The van der Waals surface area contributed by atoms with Crippen molar-refractivity contribution in [2.45, 2.75) is 11.3 Å². The minimum Gasteiger partial charge on any atom is -0.324 e. The quantitative estimate of drug-likeness (QED) is 0.183. The van der Waals surface area contributed by atoms with Gasteiger partial charge in [0.05, 0.1) is 33.5 Å². The molecule has 8 rings (SSSR count). The van der Waals surface area contributed by atoms with Crippen molar-refractivity contribution in [3.63, 3.8) is 0 Å². The third-order valence-electron chi connectivity index (χ3n) is 7.14. The summed E-state index contributed by atoms with van der Waals surface area (Å²) in [6, 6.07) is 26.3. The molecule has 200 valence electrons. The van der Waals surface area contributed by atoms with E-state index in [1.807, 2.05) is 84.9 Å². The number of nitrogens with one attached hydrogen (secondary N) is 5. The van der Waals surface area contributed by atoms with Gasteiger partial charge in [-0.25, -0.2) is 20.0 Å². The number of nitrogens with zero attached hydrogens (tertiary/aromatic N) is 7. The molecule has 6 heterocycles. The highest BCUT2D eigenvalue weighted by atomic mass is 16.5. The molecule has 4 aromatic heterocycles. The smallest absolute Gasteiger partial charge is 0.246 e. The number of rotatable bonds is 4. The van der Waals surface area contributed by atoms with Gasteiger partial charge in [0.2, 0.25) is 35.1 Å². The summed E-state index contributed by atoms with van der Waals surface area (Å²) in [5.74, 6) is 1.16. The number of fused-ring (bicyclic) bond motifs is 3. The largest absolute Gasteiger partial charge is 0.324 e. The molecule has 0 bridgehead atoms. The second-order valence-corrected chi connectivity index (χ2v) is 9.61. The molecule has 0 saturated carbocycles. The number of guanidine groups is 2. The van der Waals surface area contributed by atoms with E-state index in [1.54, 1.807) is 12.4 Å². The summed E-state index contributed by atoms with van der Waals surface area (Å²) in [5.41, 5.74) is 1.58. The van der Waals surface area contributed by atoms with Crippen LogP contribution in [0.4, 0.5) is 11.9 Å². The zero-order valence-electron chi connectivity index (χ0n) is 21.3. The predicted molar refractivity (Wildman–Crippen MR) is 153 cm³/mol. The number of aliphatic imine (C=N–C) groups is 2. The summed E-state index contributed by atoms with van der Waals surface area (Å²) in [7, 11) is 0. The zero-order chi connectivity index (χ0) is 27.4. The van der Waals surface area contributed by atoms with E-state index in [0.29, 0.717) is 28.8 Å². The van der Waals surface area contributed by atoms with Crippen LogP contribution in [0, 0.1) is 0 Å². The second kappa shape index (κ2) is 8.59. The Morgan fingerprint density at radius 1 is 0.683 bits per heavy atom. The molecular weight excluding hydrogens is 520 g/mol. The number of para-hydroxylation sites is 4. The Bertz CT molecular complexity index is 1900. The van der Waals surface area contributed by atoms with Crippen molar-refractivity contribution >= 4 is 45.9 Å². The summed E-state index contributed by atoms with van der Waals surface area (Å²) >= 11 is 0. The Labute approximate surface area is 232 Å². The Balaban J connectivity index is 1.28. The Morgan fingerprint density at radius 2 is 1.34 bits per heavy atom. The topological polar surface area (TPSA) is 167 Å². The molecule has 41 heavy (non-hydrogen) atoms. The number of aromatic nitrogens is 6. The molecule has 0 saturated heterocycles. The number of hydroxylamine groups is 1. The van der Waals surface area contributed by atoms with Crippen molar-refractivity contribution < 1.29 is 5.21 Å². The predicted octanol–water partition coefficient (Wildman–Crippen LogP) is 3.16. The van der Waals surface area contributed by atoms with E-state index in [-0.39, 0.29) is 11.9 Å². The van der Waals surface area contributed by atoms with Crippen molar-refractivity contribution in [2.24, 2.45) is 9.98 Å². The van der Waals surface area contributed by atoms with Crippen LogP contribution in [-0.4, -0.2) is 47.0 Å². The minimum absolute atomic E-state index is 0.0967. The summed E-state index contributed by atoms with van der Waals surface area (Å²) in [6.07, 6.45) is 3.37. The van der Waals surface area contributed by atoms with Crippen molar-refractivity contribution in [2.75, 3.05) is 10.4 Å². The number of hydrogen-bond donors (Lipinski definition) is 6. The van der Waals surface area contributed by atoms with Crippen LogP contribution in [0.1, 0.15) is 11.4 Å². The van der Waals surface area contributed by atoms with E-state index in [4.69, 9.17) is 9.98 Å². The highest BCUT2D eigenvalue weighted by molar-refractivity contribution is 6.01. The maximum absolute atomic E-state index is 11.4. The first-order valence-electron chi connectivity index (χ1n) is 12.9. The highest BCUT2D eigenvalue weighted by Crippen LogP contribution is 2.48. The van der Waals surface area contributed by atoms with Gasteiger partial charge in [-0.05, 0) is 48.5 Å². The van der Waals surface area contributed by atoms with Crippen LogP contribution in [-0.2, 0) is 11.3 Å². The summed E-state index contributed by atoms with van der Waals surface area (Å²) in [6.45, 7) is 0. The Hall–Kier alpha value is -5.82. The first-order chi connectivity index (χ1) is 20.1. The maximum atomic E-state index is 11.4. The Kier molecular flexibility index (Phi) is 4.84. The lowest BCUT2D eigenvalue weighted by Crippen LogP contribution is -2.62. The average Bonchev–Trinajstić information content (AvgIpc) is 3.77. The third kappa shape index (κ3) is 3.46. The zero-order valence-corrected chi connectivity index (χ0v) is 21.3. The minimum atomic E-state index is -1.42. The van der Waals surface area contributed by atoms with Crippen molar-refractivity contribution in [3.8, 4) is 0 Å². The summed E-state index contributed by atoms with van der Waals surface area (Å²) in [4.78, 5) is 34.9. The SMILES string of the molecule is ON(C1=NC2(c3ccccn3)N=C(Nc3nc4ccccc4[nH]3)NC2(c2ccccn2)N1)c1nc2ccccc2[nH]1. The fourth-order valence-corrected chi connectivity index (χ4v) is 5.31. The molecule has 2 unspecified atom stereocenters. The molecule has 6 aromatic rings. The van der Waals surface area contributed by atoms with Crippen molar-refractivity contribution in [3.05, 3.63) is 109 Å². The molecule has 2 aliphatic rings. The standard InChI is InChI=1S/C28H22N12O/c41-40(25-33-19-11-3-4-12-20(19)34-25)26-38-27(21-13-5-7-15-29-21)28(39-26,22-14-6-8-16-30-22)37-24(36-27)35-23-31-17-9-1-2-10-18(17)32-23/h1-16,41H,(H,33,34)(H,38,39)(H3,31,32,35,36,37). The first kappa shape index (κ1) is 23.1. The van der Waals surface area contributed by atoms with Gasteiger partial charge in [0, 0.05) is 12.4 Å². The lowest BCUT2D eigenvalue weighted by Gasteiger charge is -2.35. The summed E-state index contributed by atoms with van der Waals surface area (Å²) in [5, 5.41) is 22.3. The molecule has 2 aliphatic heterocycles.